The molecule has 140 valence electrons. The quantitative estimate of drug-likeness (QED) is 0.337. The third-order valence-electron chi connectivity index (χ3n) is 4.47. The van der Waals surface area contributed by atoms with Crippen LogP contribution >= 0.6 is 23.1 Å². The molecule has 7 nitrogen and oxygen atoms in total. The van der Waals surface area contributed by atoms with Gasteiger partial charge in [0.1, 0.15) is 0 Å². The standard InChI is InChI=1S/C18H19N5O2S2/c24-23(25)17-10-14(12-26-17)13-27-18-20-19-16(11-21-8-4-5-9-21)22(18)15-6-2-1-3-7-15/h1-3,6-7,10,12H,4-5,8-9,11,13H2. The van der Waals surface area contributed by atoms with Gasteiger partial charge in [-0.15, -0.1) is 10.2 Å². The molecule has 9 heteroatoms. The van der Waals surface area contributed by atoms with Crippen molar-refractivity contribution < 1.29 is 4.92 Å². The summed E-state index contributed by atoms with van der Waals surface area (Å²) in [6.07, 6.45) is 2.47. The number of hydrogen-bond acceptors (Lipinski definition) is 7. The largest absolute Gasteiger partial charge is 0.324 e. The van der Waals surface area contributed by atoms with Crippen molar-refractivity contribution in [1.82, 2.24) is 19.7 Å². The van der Waals surface area contributed by atoms with Crippen molar-refractivity contribution in [2.45, 2.75) is 30.3 Å². The van der Waals surface area contributed by atoms with E-state index in [4.69, 9.17) is 0 Å². The minimum absolute atomic E-state index is 0.171. The third-order valence-corrected chi connectivity index (χ3v) is 6.40. The first-order chi connectivity index (χ1) is 13.2. The van der Waals surface area contributed by atoms with Crippen LogP contribution in [0.5, 0.6) is 0 Å². The summed E-state index contributed by atoms with van der Waals surface area (Å²) >= 11 is 2.71. The molecule has 0 bridgehead atoms. The number of nitrogens with zero attached hydrogens (tertiary/aromatic N) is 5. The van der Waals surface area contributed by atoms with Crippen LogP contribution in [-0.4, -0.2) is 37.7 Å². The second-order valence-electron chi connectivity index (χ2n) is 6.39. The molecular formula is C18H19N5O2S2. The SMILES string of the molecule is O=[N+]([O-])c1cc(CSc2nnc(CN3CCCC3)n2-c2ccccc2)cs1. The molecule has 4 rings (SSSR count). The minimum atomic E-state index is -0.348. The highest BCUT2D eigenvalue weighted by Gasteiger charge is 2.20. The summed E-state index contributed by atoms with van der Waals surface area (Å²) in [6, 6.07) is 11.7. The van der Waals surface area contributed by atoms with Crippen LogP contribution in [-0.2, 0) is 12.3 Å². The van der Waals surface area contributed by atoms with Gasteiger partial charge in [-0.05, 0) is 43.6 Å². The van der Waals surface area contributed by atoms with Crippen LogP contribution in [0.25, 0.3) is 5.69 Å². The van der Waals surface area contributed by atoms with E-state index in [1.165, 1.54) is 12.8 Å². The molecule has 3 aromatic rings. The number of nitro groups is 1. The Morgan fingerprint density at radius 1 is 1.19 bits per heavy atom. The number of hydrogen-bond donors (Lipinski definition) is 0. The summed E-state index contributed by atoms with van der Waals surface area (Å²) in [7, 11) is 0. The molecule has 2 aromatic heterocycles. The average molecular weight is 402 g/mol. The molecule has 1 aromatic carbocycles. The van der Waals surface area contributed by atoms with E-state index < -0.39 is 0 Å². The number of thioether (sulfide) groups is 1. The maximum Gasteiger partial charge on any atom is 0.324 e. The van der Waals surface area contributed by atoms with Crippen LogP contribution < -0.4 is 0 Å². The first-order valence-corrected chi connectivity index (χ1v) is 10.6. The monoisotopic (exact) mass is 401 g/mol. The minimum Gasteiger partial charge on any atom is -0.296 e. The van der Waals surface area contributed by atoms with Crippen molar-refractivity contribution in [1.29, 1.82) is 0 Å². The fraction of sp³-hybridized carbons (Fsp3) is 0.333. The van der Waals surface area contributed by atoms with Gasteiger partial charge in [-0.25, -0.2) is 0 Å². The van der Waals surface area contributed by atoms with E-state index >= 15 is 0 Å². The number of thiophene rings is 1. The molecule has 27 heavy (non-hydrogen) atoms. The molecule has 1 aliphatic rings. The highest BCUT2D eigenvalue weighted by molar-refractivity contribution is 7.98. The first kappa shape index (κ1) is 18.1. The van der Waals surface area contributed by atoms with Crippen molar-refractivity contribution in [2.75, 3.05) is 13.1 Å². The lowest BCUT2D eigenvalue weighted by Gasteiger charge is -2.15. The molecule has 0 N–H and O–H groups in total. The average Bonchev–Trinajstić information content (AvgIpc) is 3.42. The van der Waals surface area contributed by atoms with Gasteiger partial charge in [-0.1, -0.05) is 41.3 Å². The van der Waals surface area contributed by atoms with Crippen LogP contribution in [0.2, 0.25) is 0 Å². The van der Waals surface area contributed by atoms with Gasteiger partial charge in [0.25, 0.3) is 0 Å². The fourth-order valence-corrected chi connectivity index (χ4v) is 4.89. The van der Waals surface area contributed by atoms with Crippen LogP contribution in [0.1, 0.15) is 24.2 Å². The Morgan fingerprint density at radius 3 is 2.67 bits per heavy atom. The Hall–Kier alpha value is -2.23. The Balaban J connectivity index is 1.57. The van der Waals surface area contributed by atoms with E-state index in [0.29, 0.717) is 5.75 Å². The fourth-order valence-electron chi connectivity index (χ4n) is 3.16. The van der Waals surface area contributed by atoms with Crippen LogP contribution in [0, 0.1) is 10.1 Å². The van der Waals surface area contributed by atoms with Gasteiger partial charge in [-0.2, -0.15) is 0 Å². The number of para-hydroxylation sites is 1. The van der Waals surface area contributed by atoms with Gasteiger partial charge in [-0.3, -0.25) is 19.6 Å². The molecule has 0 aliphatic carbocycles. The Labute approximate surface area is 165 Å². The highest BCUT2D eigenvalue weighted by Crippen LogP contribution is 2.30. The summed E-state index contributed by atoms with van der Waals surface area (Å²) in [4.78, 5) is 12.9. The van der Waals surface area contributed by atoms with E-state index in [0.717, 1.165) is 53.2 Å². The Bertz CT molecular complexity index is 919. The van der Waals surface area contributed by atoms with Crippen LogP contribution in [0.4, 0.5) is 5.00 Å². The van der Waals surface area contributed by atoms with Gasteiger partial charge >= 0.3 is 5.00 Å². The molecule has 0 spiro atoms. The Kier molecular flexibility index (Phi) is 5.51. The molecule has 0 atom stereocenters. The zero-order valence-electron chi connectivity index (χ0n) is 14.7. The summed E-state index contributed by atoms with van der Waals surface area (Å²) in [5.74, 6) is 1.56. The summed E-state index contributed by atoms with van der Waals surface area (Å²) in [5, 5.41) is 22.5. The van der Waals surface area contributed by atoms with Crippen molar-refractivity contribution in [3.8, 4) is 5.69 Å². The Morgan fingerprint density at radius 2 is 1.96 bits per heavy atom. The predicted octanol–water partition coefficient (Wildman–Crippen LogP) is 4.13. The van der Waals surface area contributed by atoms with Crippen LogP contribution in [0.15, 0.2) is 46.9 Å². The number of benzene rings is 1. The number of aromatic nitrogens is 3. The smallest absolute Gasteiger partial charge is 0.296 e. The van der Waals surface area contributed by atoms with Gasteiger partial charge in [0, 0.05) is 22.9 Å². The highest BCUT2D eigenvalue weighted by atomic mass is 32.2. The van der Waals surface area contributed by atoms with Crippen molar-refractivity contribution in [3.05, 3.63) is 63.3 Å². The molecule has 3 heterocycles. The zero-order chi connectivity index (χ0) is 18.6. The van der Waals surface area contributed by atoms with Crippen molar-refractivity contribution >= 4 is 28.1 Å². The molecule has 1 saturated heterocycles. The van der Waals surface area contributed by atoms with Gasteiger partial charge in [0.15, 0.2) is 11.0 Å². The maximum absolute atomic E-state index is 10.9. The van der Waals surface area contributed by atoms with Crippen molar-refractivity contribution in [3.63, 3.8) is 0 Å². The van der Waals surface area contributed by atoms with E-state index in [1.807, 2.05) is 23.6 Å². The third kappa shape index (κ3) is 4.20. The topological polar surface area (TPSA) is 77.1 Å². The molecule has 1 aliphatic heterocycles. The summed E-state index contributed by atoms with van der Waals surface area (Å²) in [5.41, 5.74) is 1.97. The summed E-state index contributed by atoms with van der Waals surface area (Å²) in [6.45, 7) is 2.98. The molecule has 0 unspecified atom stereocenters. The van der Waals surface area contributed by atoms with Gasteiger partial charge in [0.2, 0.25) is 0 Å². The second kappa shape index (κ2) is 8.20. The molecular weight excluding hydrogens is 382 g/mol. The van der Waals surface area contributed by atoms with E-state index in [-0.39, 0.29) is 9.92 Å². The first-order valence-electron chi connectivity index (χ1n) is 8.77. The van der Waals surface area contributed by atoms with Crippen molar-refractivity contribution in [2.24, 2.45) is 0 Å². The number of likely N-dealkylation sites (tertiary alicyclic amines) is 1. The zero-order valence-corrected chi connectivity index (χ0v) is 16.3. The normalized spacial score (nSPS) is 14.7. The van der Waals surface area contributed by atoms with Crippen LogP contribution in [0.3, 0.4) is 0 Å². The molecule has 0 radical (unpaired) electrons. The molecule has 0 amide bonds. The lowest BCUT2D eigenvalue weighted by atomic mass is 10.3. The lowest BCUT2D eigenvalue weighted by Crippen LogP contribution is -2.21. The van der Waals surface area contributed by atoms with Gasteiger partial charge in [0.05, 0.1) is 11.5 Å². The maximum atomic E-state index is 10.9. The molecule has 0 saturated carbocycles. The number of rotatable bonds is 7. The predicted molar refractivity (Wildman–Crippen MR) is 106 cm³/mol. The van der Waals surface area contributed by atoms with E-state index in [9.17, 15) is 10.1 Å². The summed E-state index contributed by atoms with van der Waals surface area (Å²) < 4.78 is 2.10. The lowest BCUT2D eigenvalue weighted by molar-refractivity contribution is -0.380. The van der Waals surface area contributed by atoms with Gasteiger partial charge < -0.3 is 0 Å². The molecule has 1 fully saturated rings. The van der Waals surface area contributed by atoms with E-state index in [1.54, 1.807) is 17.8 Å². The second-order valence-corrected chi connectivity index (χ2v) is 8.22. The van der Waals surface area contributed by atoms with E-state index in [2.05, 4.69) is 31.8 Å².